The molecule has 0 aliphatic carbocycles. The van der Waals surface area contributed by atoms with E-state index in [0.717, 1.165) is 21.8 Å². The minimum Gasteiger partial charge on any atom is -0.497 e. The summed E-state index contributed by atoms with van der Waals surface area (Å²) in [6.45, 7) is 1.62. The van der Waals surface area contributed by atoms with Crippen molar-refractivity contribution < 1.29 is 21.6 Å². The first-order chi connectivity index (χ1) is 13.6. The highest BCUT2D eigenvalue weighted by molar-refractivity contribution is 7.90. The van der Waals surface area contributed by atoms with Crippen LogP contribution in [-0.2, 0) is 25.6 Å². The summed E-state index contributed by atoms with van der Waals surface area (Å²) in [5.41, 5.74) is 2.93. The molecular formula is C20H24N2O5S2. The number of ether oxygens (including phenoxy) is 1. The van der Waals surface area contributed by atoms with Crippen LogP contribution in [0.15, 0.2) is 53.6 Å². The maximum absolute atomic E-state index is 12.3. The number of sulfone groups is 1. The number of hydrogen-bond acceptors (Lipinski definition) is 6. The fourth-order valence-electron chi connectivity index (χ4n) is 3.19. The van der Waals surface area contributed by atoms with Crippen LogP contribution in [0.25, 0.3) is 0 Å². The summed E-state index contributed by atoms with van der Waals surface area (Å²) in [7, 11) is -5.09. The highest BCUT2D eigenvalue weighted by atomic mass is 32.2. The van der Waals surface area contributed by atoms with E-state index < -0.39 is 25.9 Å². The van der Waals surface area contributed by atoms with Crippen molar-refractivity contribution in [3.05, 3.63) is 65.2 Å². The fraction of sp³-hybridized carbons (Fsp3) is 0.350. The van der Waals surface area contributed by atoms with Gasteiger partial charge in [0.2, 0.25) is 10.0 Å². The lowest BCUT2D eigenvalue weighted by molar-refractivity contribution is 0.374. The lowest BCUT2D eigenvalue weighted by Crippen LogP contribution is -2.25. The van der Waals surface area contributed by atoms with Crippen molar-refractivity contribution in [3.63, 3.8) is 0 Å². The van der Waals surface area contributed by atoms with Crippen LogP contribution in [0.2, 0.25) is 0 Å². The van der Waals surface area contributed by atoms with Gasteiger partial charge in [0.05, 0.1) is 30.9 Å². The van der Waals surface area contributed by atoms with Gasteiger partial charge in [-0.3, -0.25) is 0 Å². The van der Waals surface area contributed by atoms with Gasteiger partial charge in [-0.1, -0.05) is 43.3 Å². The van der Waals surface area contributed by atoms with Gasteiger partial charge in [-0.2, -0.15) is 9.52 Å². The van der Waals surface area contributed by atoms with Crippen molar-refractivity contribution in [2.24, 2.45) is 5.10 Å². The summed E-state index contributed by atoms with van der Waals surface area (Å²) in [5.74, 6) is 0.769. The van der Waals surface area contributed by atoms with Crippen molar-refractivity contribution in [2.75, 3.05) is 19.1 Å². The molecule has 1 unspecified atom stereocenters. The largest absolute Gasteiger partial charge is 0.497 e. The Kier molecular flexibility index (Phi) is 6.00. The lowest BCUT2D eigenvalue weighted by Gasteiger charge is -2.21. The molecule has 1 aliphatic heterocycles. The summed E-state index contributed by atoms with van der Waals surface area (Å²) in [6, 6.07) is 13.9. The molecule has 0 saturated heterocycles. The Labute approximate surface area is 172 Å². The van der Waals surface area contributed by atoms with Crippen LogP contribution >= 0.6 is 0 Å². The quantitative estimate of drug-likeness (QED) is 0.665. The second-order valence-electron chi connectivity index (χ2n) is 6.95. The number of hydrogen-bond donors (Lipinski definition) is 0. The number of benzene rings is 2. The van der Waals surface area contributed by atoms with Crippen LogP contribution in [0.5, 0.6) is 5.75 Å². The summed E-state index contributed by atoms with van der Waals surface area (Å²) in [6.07, 6.45) is 1.56. The highest BCUT2D eigenvalue weighted by Crippen LogP contribution is 2.35. The van der Waals surface area contributed by atoms with Gasteiger partial charge in [0.15, 0.2) is 9.84 Å². The van der Waals surface area contributed by atoms with Crippen molar-refractivity contribution in [3.8, 4) is 5.75 Å². The molecule has 29 heavy (non-hydrogen) atoms. The van der Waals surface area contributed by atoms with E-state index in [-0.39, 0.29) is 11.5 Å². The minimum atomic E-state index is -3.56. The molecule has 0 radical (unpaired) electrons. The molecule has 0 N–H and O–H groups in total. The van der Waals surface area contributed by atoms with Crippen LogP contribution in [0.1, 0.15) is 36.1 Å². The van der Waals surface area contributed by atoms with Gasteiger partial charge in [0.25, 0.3) is 0 Å². The highest BCUT2D eigenvalue weighted by Gasteiger charge is 2.34. The summed E-state index contributed by atoms with van der Waals surface area (Å²) >= 11 is 0. The zero-order valence-corrected chi connectivity index (χ0v) is 18.2. The molecule has 1 heterocycles. The molecule has 0 saturated carbocycles. The molecular weight excluding hydrogens is 412 g/mol. The zero-order chi connectivity index (χ0) is 21.2. The first kappa shape index (κ1) is 21.3. The third-order valence-electron chi connectivity index (χ3n) is 4.83. The third-order valence-corrected chi connectivity index (χ3v) is 7.50. The van der Waals surface area contributed by atoms with Crippen LogP contribution in [-0.4, -0.2) is 46.1 Å². The van der Waals surface area contributed by atoms with Gasteiger partial charge < -0.3 is 4.74 Å². The predicted octanol–water partition coefficient (Wildman–Crippen LogP) is 2.74. The van der Waals surface area contributed by atoms with Gasteiger partial charge in [-0.05, 0) is 28.8 Å². The van der Waals surface area contributed by atoms with Crippen molar-refractivity contribution in [1.82, 2.24) is 4.41 Å². The van der Waals surface area contributed by atoms with E-state index in [9.17, 15) is 16.8 Å². The van der Waals surface area contributed by atoms with Gasteiger partial charge in [-0.15, -0.1) is 0 Å². The SMILES string of the molecule is CCS(=O)(=O)Cc1ccc(C2=NN(S(C)(=O)=O)C(c3ccc(OC)cc3)C2)cc1. The number of nitrogens with zero attached hydrogens (tertiary/aromatic N) is 2. The van der Waals surface area contributed by atoms with Crippen LogP contribution < -0.4 is 4.74 Å². The van der Waals surface area contributed by atoms with Crippen molar-refractivity contribution in [2.45, 2.75) is 25.1 Å². The predicted molar refractivity (Wildman–Crippen MR) is 113 cm³/mol. The standard InChI is InChI=1S/C20H24N2O5S2/c1-4-29(25,26)14-15-5-7-16(8-6-15)19-13-20(22(21-19)28(3,23)24)17-9-11-18(27-2)12-10-17/h5-12,20H,4,13-14H2,1-3H3. The van der Waals surface area contributed by atoms with E-state index in [1.807, 2.05) is 12.1 Å². The van der Waals surface area contributed by atoms with E-state index >= 15 is 0 Å². The summed E-state index contributed by atoms with van der Waals surface area (Å²) in [5, 5.41) is 4.36. The molecule has 0 aromatic heterocycles. The second kappa shape index (κ2) is 8.16. The number of hydrazone groups is 1. The topological polar surface area (TPSA) is 93.1 Å². The maximum atomic E-state index is 12.3. The molecule has 2 aromatic carbocycles. The molecule has 9 heteroatoms. The normalized spacial score (nSPS) is 17.3. The maximum Gasteiger partial charge on any atom is 0.247 e. The Morgan fingerprint density at radius 1 is 1.03 bits per heavy atom. The van der Waals surface area contributed by atoms with Crippen LogP contribution in [0.4, 0.5) is 0 Å². The Balaban J connectivity index is 1.88. The molecule has 1 aliphatic rings. The molecule has 1 atom stereocenters. The Bertz CT molecular complexity index is 1110. The molecule has 156 valence electrons. The van der Waals surface area contributed by atoms with Gasteiger partial charge in [0, 0.05) is 12.2 Å². The Hall–Kier alpha value is -2.39. The molecule has 2 aromatic rings. The average Bonchev–Trinajstić information content (AvgIpc) is 3.14. The van der Waals surface area contributed by atoms with Crippen LogP contribution in [0, 0.1) is 0 Å². The van der Waals surface area contributed by atoms with E-state index in [1.54, 1.807) is 50.4 Å². The van der Waals surface area contributed by atoms with E-state index in [1.165, 1.54) is 0 Å². The first-order valence-corrected chi connectivity index (χ1v) is 12.8. The van der Waals surface area contributed by atoms with Gasteiger partial charge in [0.1, 0.15) is 5.75 Å². The number of sulfonamides is 1. The molecule has 0 bridgehead atoms. The summed E-state index contributed by atoms with van der Waals surface area (Å²) < 4.78 is 54.5. The minimum absolute atomic E-state index is 0.0137. The number of rotatable bonds is 7. The van der Waals surface area contributed by atoms with E-state index in [4.69, 9.17) is 4.74 Å². The smallest absolute Gasteiger partial charge is 0.247 e. The number of methoxy groups -OCH3 is 1. The third kappa shape index (κ3) is 4.97. The van der Waals surface area contributed by atoms with Crippen molar-refractivity contribution >= 4 is 25.6 Å². The lowest BCUT2D eigenvalue weighted by atomic mass is 9.98. The first-order valence-electron chi connectivity index (χ1n) is 9.13. The molecule has 0 spiro atoms. The monoisotopic (exact) mass is 436 g/mol. The van der Waals surface area contributed by atoms with Gasteiger partial charge >= 0.3 is 0 Å². The Morgan fingerprint density at radius 3 is 2.17 bits per heavy atom. The average molecular weight is 437 g/mol. The van der Waals surface area contributed by atoms with E-state index in [0.29, 0.717) is 23.4 Å². The Morgan fingerprint density at radius 2 is 1.66 bits per heavy atom. The second-order valence-corrected chi connectivity index (χ2v) is 11.1. The van der Waals surface area contributed by atoms with Crippen LogP contribution in [0.3, 0.4) is 0 Å². The molecule has 0 fully saturated rings. The molecule has 0 amide bonds. The molecule has 3 rings (SSSR count). The summed E-state index contributed by atoms with van der Waals surface area (Å²) in [4.78, 5) is 0. The fourth-order valence-corrected chi connectivity index (χ4v) is 5.00. The zero-order valence-electron chi connectivity index (χ0n) is 16.6. The van der Waals surface area contributed by atoms with Gasteiger partial charge in [-0.25, -0.2) is 16.8 Å². The van der Waals surface area contributed by atoms with Crippen molar-refractivity contribution in [1.29, 1.82) is 0 Å². The van der Waals surface area contributed by atoms with E-state index in [2.05, 4.69) is 5.10 Å². The molecule has 7 nitrogen and oxygen atoms in total.